The number of hydrogen-bond donors (Lipinski definition) is 1. The van der Waals surface area contributed by atoms with Gasteiger partial charge in [0.2, 0.25) is 5.88 Å². The molecule has 0 aliphatic heterocycles. The van der Waals surface area contributed by atoms with Crippen molar-refractivity contribution >= 4 is 11.7 Å². The van der Waals surface area contributed by atoms with E-state index in [1.54, 1.807) is 0 Å². The summed E-state index contributed by atoms with van der Waals surface area (Å²) >= 11 is 0. The van der Waals surface area contributed by atoms with E-state index in [1.807, 2.05) is 30.3 Å². The molecular weight excluding hydrogens is 264 g/mol. The molecule has 0 fully saturated rings. The summed E-state index contributed by atoms with van der Waals surface area (Å²) < 4.78 is 5.32. The van der Waals surface area contributed by atoms with Gasteiger partial charge >= 0.3 is 11.7 Å². The maximum absolute atomic E-state index is 11.0. The first-order valence-electron chi connectivity index (χ1n) is 5.62. The topological polar surface area (TPSA) is 103 Å². The van der Waals surface area contributed by atoms with Crippen LogP contribution in [0.25, 0.3) is 0 Å². The van der Waals surface area contributed by atoms with Crippen molar-refractivity contribution in [2.45, 2.75) is 6.61 Å². The normalized spacial score (nSPS) is 10.0. The number of nitrogens with zero attached hydrogens (tertiary/aromatic N) is 2. The standard InChI is InChI=1S/C13H10N2O5/c16-13(17)10-6-12(14-7-11(10)15(18)19)20-8-9-4-2-1-3-5-9/h1-7H,8H2,(H,16,17). The Kier molecular flexibility index (Phi) is 3.90. The minimum atomic E-state index is -1.40. The molecule has 7 heteroatoms. The van der Waals surface area contributed by atoms with E-state index in [0.717, 1.165) is 17.8 Å². The van der Waals surface area contributed by atoms with Crippen molar-refractivity contribution in [3.63, 3.8) is 0 Å². The van der Waals surface area contributed by atoms with Crippen LogP contribution < -0.4 is 4.74 Å². The van der Waals surface area contributed by atoms with Crippen molar-refractivity contribution in [1.29, 1.82) is 0 Å². The van der Waals surface area contributed by atoms with Gasteiger partial charge in [0, 0.05) is 6.07 Å². The highest BCUT2D eigenvalue weighted by atomic mass is 16.6. The molecule has 0 saturated heterocycles. The van der Waals surface area contributed by atoms with Crippen LogP contribution in [-0.4, -0.2) is 21.0 Å². The molecule has 2 aromatic rings. The minimum absolute atomic E-state index is 0.0249. The number of aromatic nitrogens is 1. The lowest BCUT2D eigenvalue weighted by Gasteiger charge is -2.06. The van der Waals surface area contributed by atoms with Crippen LogP contribution in [0.1, 0.15) is 15.9 Å². The van der Waals surface area contributed by atoms with E-state index in [0.29, 0.717) is 0 Å². The second-order valence-electron chi connectivity index (χ2n) is 3.88. The van der Waals surface area contributed by atoms with Gasteiger partial charge in [0.15, 0.2) is 0 Å². The van der Waals surface area contributed by atoms with Crippen molar-refractivity contribution in [2.24, 2.45) is 0 Å². The van der Waals surface area contributed by atoms with Gasteiger partial charge in [-0.2, -0.15) is 0 Å². The number of pyridine rings is 1. The van der Waals surface area contributed by atoms with Crippen LogP contribution in [0.5, 0.6) is 5.88 Å². The molecule has 1 aromatic carbocycles. The van der Waals surface area contributed by atoms with Crippen molar-refractivity contribution in [3.8, 4) is 5.88 Å². The summed E-state index contributed by atoms with van der Waals surface area (Å²) in [6.45, 7) is 0.199. The average Bonchev–Trinajstić information content (AvgIpc) is 2.45. The molecule has 0 radical (unpaired) electrons. The molecule has 0 spiro atoms. The van der Waals surface area contributed by atoms with Crippen LogP contribution in [-0.2, 0) is 6.61 Å². The third-order valence-corrected chi connectivity index (χ3v) is 2.51. The quantitative estimate of drug-likeness (QED) is 0.662. The first-order valence-corrected chi connectivity index (χ1v) is 5.62. The first kappa shape index (κ1) is 13.5. The Labute approximate surface area is 113 Å². The number of carbonyl (C=O) groups is 1. The molecule has 20 heavy (non-hydrogen) atoms. The van der Waals surface area contributed by atoms with Crippen LogP contribution >= 0.6 is 0 Å². The third kappa shape index (κ3) is 3.08. The van der Waals surface area contributed by atoms with Crippen LogP contribution in [0, 0.1) is 10.1 Å². The first-order chi connectivity index (χ1) is 9.58. The van der Waals surface area contributed by atoms with Crippen LogP contribution in [0.2, 0.25) is 0 Å². The van der Waals surface area contributed by atoms with E-state index < -0.39 is 22.1 Å². The number of benzene rings is 1. The van der Waals surface area contributed by atoms with Gasteiger partial charge in [-0.1, -0.05) is 30.3 Å². The number of aromatic carboxylic acids is 1. The van der Waals surface area contributed by atoms with Gasteiger partial charge in [0.25, 0.3) is 0 Å². The molecule has 2 rings (SSSR count). The van der Waals surface area contributed by atoms with Gasteiger partial charge in [-0.15, -0.1) is 0 Å². The Balaban J connectivity index is 2.19. The third-order valence-electron chi connectivity index (χ3n) is 2.51. The zero-order valence-electron chi connectivity index (χ0n) is 10.2. The maximum atomic E-state index is 11.0. The Morgan fingerprint density at radius 1 is 1.35 bits per heavy atom. The lowest BCUT2D eigenvalue weighted by Crippen LogP contribution is -2.05. The molecule has 0 unspecified atom stereocenters. The highest BCUT2D eigenvalue weighted by Gasteiger charge is 2.21. The number of carboxylic acid groups (broad SMARTS) is 1. The van der Waals surface area contributed by atoms with E-state index in [1.165, 1.54) is 0 Å². The van der Waals surface area contributed by atoms with Crippen LogP contribution in [0.15, 0.2) is 42.6 Å². The van der Waals surface area contributed by atoms with E-state index >= 15 is 0 Å². The Morgan fingerprint density at radius 3 is 2.65 bits per heavy atom. The SMILES string of the molecule is O=C(O)c1cc(OCc2ccccc2)ncc1[N+](=O)[O-]. The number of nitro groups is 1. The van der Waals surface area contributed by atoms with Gasteiger partial charge in [0.1, 0.15) is 18.4 Å². The second-order valence-corrected chi connectivity index (χ2v) is 3.88. The van der Waals surface area contributed by atoms with Gasteiger partial charge < -0.3 is 9.84 Å². The molecule has 0 bridgehead atoms. The maximum Gasteiger partial charge on any atom is 0.342 e. The van der Waals surface area contributed by atoms with Gasteiger partial charge in [0.05, 0.1) is 4.92 Å². The number of hydrogen-bond acceptors (Lipinski definition) is 5. The lowest BCUT2D eigenvalue weighted by molar-refractivity contribution is -0.385. The number of rotatable bonds is 5. The summed E-state index contributed by atoms with van der Waals surface area (Å²) in [7, 11) is 0. The molecule has 0 atom stereocenters. The predicted molar refractivity (Wildman–Crippen MR) is 68.6 cm³/mol. The molecule has 0 saturated carbocycles. The highest BCUT2D eigenvalue weighted by molar-refractivity contribution is 5.92. The Morgan fingerprint density at radius 2 is 2.05 bits per heavy atom. The summed E-state index contributed by atoms with van der Waals surface area (Å²) in [5.41, 5.74) is -0.137. The summed E-state index contributed by atoms with van der Waals surface area (Å²) in [5, 5.41) is 19.6. The smallest absolute Gasteiger partial charge is 0.342 e. The molecular formula is C13H10N2O5. The van der Waals surface area contributed by atoms with Gasteiger partial charge in [-0.05, 0) is 5.56 Å². The van der Waals surface area contributed by atoms with E-state index in [-0.39, 0.29) is 12.5 Å². The van der Waals surface area contributed by atoms with Gasteiger partial charge in [-0.3, -0.25) is 10.1 Å². The van der Waals surface area contributed by atoms with Gasteiger partial charge in [-0.25, -0.2) is 9.78 Å². The minimum Gasteiger partial charge on any atom is -0.477 e. The van der Waals surface area contributed by atoms with Crippen LogP contribution in [0.4, 0.5) is 5.69 Å². The molecule has 0 aliphatic rings. The lowest BCUT2D eigenvalue weighted by atomic mass is 10.2. The summed E-state index contributed by atoms with van der Waals surface area (Å²) in [6.07, 6.45) is 0.879. The molecule has 1 heterocycles. The second kappa shape index (κ2) is 5.79. The summed E-state index contributed by atoms with van der Waals surface area (Å²) in [6, 6.07) is 10.3. The Hall–Kier alpha value is -2.96. The molecule has 0 aliphatic carbocycles. The highest BCUT2D eigenvalue weighted by Crippen LogP contribution is 2.21. The predicted octanol–water partition coefficient (Wildman–Crippen LogP) is 2.27. The molecule has 102 valence electrons. The van der Waals surface area contributed by atoms with E-state index in [2.05, 4.69) is 4.98 Å². The number of carboxylic acids is 1. The van der Waals surface area contributed by atoms with E-state index in [9.17, 15) is 14.9 Å². The van der Waals surface area contributed by atoms with Crippen molar-refractivity contribution < 1.29 is 19.6 Å². The summed E-state index contributed by atoms with van der Waals surface area (Å²) in [5.74, 6) is -1.37. The Bertz CT molecular complexity index is 642. The number of ether oxygens (including phenoxy) is 1. The average molecular weight is 274 g/mol. The molecule has 1 aromatic heterocycles. The molecule has 0 amide bonds. The molecule has 1 N–H and O–H groups in total. The zero-order valence-corrected chi connectivity index (χ0v) is 10.2. The van der Waals surface area contributed by atoms with Crippen molar-refractivity contribution in [3.05, 3.63) is 63.8 Å². The largest absolute Gasteiger partial charge is 0.477 e. The molecule has 7 nitrogen and oxygen atoms in total. The fourth-order valence-electron chi connectivity index (χ4n) is 1.56. The van der Waals surface area contributed by atoms with Crippen molar-refractivity contribution in [1.82, 2.24) is 4.98 Å². The fourth-order valence-corrected chi connectivity index (χ4v) is 1.56. The fraction of sp³-hybridized carbons (Fsp3) is 0.0769. The monoisotopic (exact) mass is 274 g/mol. The zero-order chi connectivity index (χ0) is 14.5. The van der Waals surface area contributed by atoms with Crippen LogP contribution in [0.3, 0.4) is 0 Å². The van der Waals surface area contributed by atoms with E-state index in [4.69, 9.17) is 9.84 Å². The summed E-state index contributed by atoms with van der Waals surface area (Å²) in [4.78, 5) is 24.6. The van der Waals surface area contributed by atoms with Crippen molar-refractivity contribution in [2.75, 3.05) is 0 Å².